The molecule has 0 aliphatic heterocycles. The molecule has 0 unspecified atom stereocenters. The number of hydrogen-bond donors (Lipinski definition) is 2. The summed E-state index contributed by atoms with van der Waals surface area (Å²) in [5.74, 6) is 1.85. The standard InChI is InChI=1S/C26H34N4/c1-15(2)29-25-11-19(7)23(13-27-25)21-9-18(6)22(10-17(21)5)24-14-28-26(12-20(24)8)30-16(3)4/h9-16H,1-8H3,(H,27,29)(H,28,30). The lowest BCUT2D eigenvalue weighted by Crippen LogP contribution is -2.11. The van der Waals surface area contributed by atoms with Gasteiger partial charge in [0.2, 0.25) is 0 Å². The number of hydrogen-bond acceptors (Lipinski definition) is 4. The highest BCUT2D eigenvalue weighted by molar-refractivity contribution is 5.79. The van der Waals surface area contributed by atoms with Crippen molar-refractivity contribution >= 4 is 11.6 Å². The third-order valence-corrected chi connectivity index (χ3v) is 5.25. The van der Waals surface area contributed by atoms with E-state index in [1.54, 1.807) is 0 Å². The van der Waals surface area contributed by atoms with Crippen LogP contribution in [0.5, 0.6) is 0 Å². The summed E-state index contributed by atoms with van der Waals surface area (Å²) in [6.07, 6.45) is 3.97. The molecule has 0 spiro atoms. The minimum Gasteiger partial charge on any atom is -0.368 e. The maximum Gasteiger partial charge on any atom is 0.126 e. The first kappa shape index (κ1) is 21.8. The summed E-state index contributed by atoms with van der Waals surface area (Å²) in [5.41, 5.74) is 9.78. The first-order valence-corrected chi connectivity index (χ1v) is 10.7. The zero-order chi connectivity index (χ0) is 22.0. The van der Waals surface area contributed by atoms with Crippen molar-refractivity contribution < 1.29 is 0 Å². The van der Waals surface area contributed by atoms with Crippen molar-refractivity contribution in [1.82, 2.24) is 9.97 Å². The molecule has 30 heavy (non-hydrogen) atoms. The number of nitrogens with zero attached hydrogens (tertiary/aromatic N) is 2. The van der Waals surface area contributed by atoms with Gasteiger partial charge in [-0.05, 0) is 101 Å². The van der Waals surface area contributed by atoms with Crippen molar-refractivity contribution in [3.8, 4) is 22.3 Å². The van der Waals surface area contributed by atoms with Gasteiger partial charge in [0.1, 0.15) is 11.6 Å². The molecule has 4 nitrogen and oxygen atoms in total. The predicted octanol–water partition coefficient (Wildman–Crippen LogP) is 6.68. The van der Waals surface area contributed by atoms with E-state index in [2.05, 4.69) is 100 Å². The number of pyridine rings is 2. The minimum absolute atomic E-state index is 0.366. The molecule has 0 atom stereocenters. The van der Waals surface area contributed by atoms with E-state index < -0.39 is 0 Å². The van der Waals surface area contributed by atoms with Gasteiger partial charge in [-0.3, -0.25) is 0 Å². The number of anilines is 2. The van der Waals surface area contributed by atoms with E-state index in [0.717, 1.165) is 11.6 Å². The van der Waals surface area contributed by atoms with Gasteiger partial charge in [-0.2, -0.15) is 0 Å². The quantitative estimate of drug-likeness (QED) is 0.482. The van der Waals surface area contributed by atoms with E-state index in [9.17, 15) is 0 Å². The molecule has 0 aliphatic rings. The van der Waals surface area contributed by atoms with Gasteiger partial charge in [0.05, 0.1) is 0 Å². The second kappa shape index (κ2) is 8.86. The van der Waals surface area contributed by atoms with E-state index in [-0.39, 0.29) is 0 Å². The smallest absolute Gasteiger partial charge is 0.126 e. The molecule has 0 saturated heterocycles. The van der Waals surface area contributed by atoms with Crippen molar-refractivity contribution in [2.45, 2.75) is 67.5 Å². The van der Waals surface area contributed by atoms with Crippen LogP contribution in [0.4, 0.5) is 11.6 Å². The number of aryl methyl sites for hydroxylation is 4. The largest absolute Gasteiger partial charge is 0.368 e. The van der Waals surface area contributed by atoms with Gasteiger partial charge in [-0.15, -0.1) is 0 Å². The molecule has 2 N–H and O–H groups in total. The molecule has 1 aromatic carbocycles. The Balaban J connectivity index is 1.99. The molecule has 0 saturated carbocycles. The summed E-state index contributed by atoms with van der Waals surface area (Å²) in [5, 5.41) is 6.76. The summed E-state index contributed by atoms with van der Waals surface area (Å²) in [4.78, 5) is 9.25. The average molecular weight is 403 g/mol. The fourth-order valence-electron chi connectivity index (χ4n) is 3.82. The van der Waals surface area contributed by atoms with Crippen LogP contribution >= 0.6 is 0 Å². The highest BCUT2D eigenvalue weighted by Crippen LogP contribution is 2.35. The van der Waals surface area contributed by atoms with Gasteiger partial charge in [-0.1, -0.05) is 12.1 Å². The first-order valence-electron chi connectivity index (χ1n) is 10.7. The molecular weight excluding hydrogens is 368 g/mol. The Bertz CT molecular complexity index is 966. The van der Waals surface area contributed by atoms with E-state index in [4.69, 9.17) is 0 Å². The zero-order valence-electron chi connectivity index (χ0n) is 19.5. The first-order chi connectivity index (χ1) is 14.2. The monoisotopic (exact) mass is 402 g/mol. The Morgan fingerprint density at radius 2 is 0.867 bits per heavy atom. The maximum atomic E-state index is 4.63. The minimum atomic E-state index is 0.366. The van der Waals surface area contributed by atoms with Crippen LogP contribution in [0.25, 0.3) is 22.3 Å². The lowest BCUT2D eigenvalue weighted by Gasteiger charge is -2.17. The lowest BCUT2D eigenvalue weighted by molar-refractivity contribution is 0.888. The average Bonchev–Trinajstić information content (AvgIpc) is 2.63. The summed E-state index contributed by atoms with van der Waals surface area (Å²) >= 11 is 0. The molecule has 0 radical (unpaired) electrons. The van der Waals surface area contributed by atoms with Crippen molar-refractivity contribution in [1.29, 1.82) is 0 Å². The van der Waals surface area contributed by atoms with Crippen LogP contribution in [0, 0.1) is 27.7 Å². The molecule has 0 amide bonds. The SMILES string of the molecule is Cc1cc(NC(C)C)ncc1-c1cc(C)c(-c2cnc(NC(C)C)cc2C)cc1C. The molecule has 3 aromatic rings. The Morgan fingerprint density at radius 1 is 0.533 bits per heavy atom. The number of benzene rings is 1. The summed E-state index contributed by atoms with van der Waals surface area (Å²) in [6, 6.07) is 9.56. The molecule has 4 heteroatoms. The predicted molar refractivity (Wildman–Crippen MR) is 129 cm³/mol. The number of aromatic nitrogens is 2. The molecular formula is C26H34N4. The molecule has 0 bridgehead atoms. The highest BCUT2D eigenvalue weighted by Gasteiger charge is 2.13. The molecule has 2 aromatic heterocycles. The maximum absolute atomic E-state index is 4.63. The van der Waals surface area contributed by atoms with Gasteiger partial charge in [0, 0.05) is 35.6 Å². The van der Waals surface area contributed by atoms with Gasteiger partial charge in [0.15, 0.2) is 0 Å². The van der Waals surface area contributed by atoms with Crippen LogP contribution in [0.15, 0.2) is 36.7 Å². The Morgan fingerprint density at radius 3 is 1.17 bits per heavy atom. The van der Waals surface area contributed by atoms with Crippen LogP contribution in [0.3, 0.4) is 0 Å². The molecule has 0 fully saturated rings. The van der Waals surface area contributed by atoms with Gasteiger partial charge < -0.3 is 10.6 Å². The van der Waals surface area contributed by atoms with Crippen LogP contribution in [-0.4, -0.2) is 22.1 Å². The molecule has 2 heterocycles. The Kier molecular flexibility index (Phi) is 6.45. The molecule has 0 aliphatic carbocycles. The molecule has 158 valence electrons. The fourth-order valence-corrected chi connectivity index (χ4v) is 3.82. The topological polar surface area (TPSA) is 49.8 Å². The Hall–Kier alpha value is -2.88. The van der Waals surface area contributed by atoms with Crippen molar-refractivity contribution in [3.05, 3.63) is 58.9 Å². The normalized spacial score (nSPS) is 11.3. The van der Waals surface area contributed by atoms with Crippen molar-refractivity contribution in [2.24, 2.45) is 0 Å². The van der Waals surface area contributed by atoms with Crippen LogP contribution in [0.2, 0.25) is 0 Å². The number of nitrogens with one attached hydrogen (secondary N) is 2. The van der Waals surface area contributed by atoms with Gasteiger partial charge >= 0.3 is 0 Å². The van der Waals surface area contributed by atoms with Crippen LogP contribution < -0.4 is 10.6 Å². The van der Waals surface area contributed by atoms with E-state index in [1.165, 1.54) is 44.5 Å². The van der Waals surface area contributed by atoms with E-state index >= 15 is 0 Å². The second-order valence-electron chi connectivity index (χ2n) is 8.85. The highest BCUT2D eigenvalue weighted by atomic mass is 15.0. The van der Waals surface area contributed by atoms with E-state index in [1.807, 2.05) is 12.4 Å². The Labute approximate surface area is 181 Å². The summed E-state index contributed by atoms with van der Waals surface area (Å²) < 4.78 is 0. The third-order valence-electron chi connectivity index (χ3n) is 5.25. The zero-order valence-corrected chi connectivity index (χ0v) is 19.5. The van der Waals surface area contributed by atoms with Crippen molar-refractivity contribution in [2.75, 3.05) is 10.6 Å². The van der Waals surface area contributed by atoms with Gasteiger partial charge in [0.25, 0.3) is 0 Å². The van der Waals surface area contributed by atoms with Crippen molar-refractivity contribution in [3.63, 3.8) is 0 Å². The lowest BCUT2D eigenvalue weighted by atomic mass is 9.90. The second-order valence-corrected chi connectivity index (χ2v) is 8.85. The van der Waals surface area contributed by atoms with Crippen LogP contribution in [-0.2, 0) is 0 Å². The van der Waals surface area contributed by atoms with Gasteiger partial charge in [-0.25, -0.2) is 9.97 Å². The third kappa shape index (κ3) is 4.81. The number of rotatable bonds is 6. The summed E-state index contributed by atoms with van der Waals surface area (Å²) in [7, 11) is 0. The van der Waals surface area contributed by atoms with E-state index in [0.29, 0.717) is 12.1 Å². The fraction of sp³-hybridized carbons (Fsp3) is 0.385. The van der Waals surface area contributed by atoms with Crippen LogP contribution in [0.1, 0.15) is 49.9 Å². The molecule has 3 rings (SSSR count). The summed E-state index contributed by atoms with van der Waals surface area (Å²) in [6.45, 7) is 17.2.